The van der Waals surface area contributed by atoms with Crippen molar-refractivity contribution in [3.63, 3.8) is 0 Å². The van der Waals surface area contributed by atoms with E-state index in [2.05, 4.69) is 14.9 Å². The molecule has 84 valence electrons. The predicted molar refractivity (Wildman–Crippen MR) is 59.9 cm³/mol. The van der Waals surface area contributed by atoms with E-state index in [-0.39, 0.29) is 0 Å². The molecule has 2 aromatic heterocycles. The van der Waals surface area contributed by atoms with Gasteiger partial charge in [-0.2, -0.15) is 0 Å². The molecular formula is C9H8N2O3S2. The van der Waals surface area contributed by atoms with Gasteiger partial charge in [0, 0.05) is 16.0 Å². The Balaban J connectivity index is 2.00. The number of hydrogen-bond donors (Lipinski definition) is 1. The van der Waals surface area contributed by atoms with Crippen molar-refractivity contribution in [1.29, 1.82) is 0 Å². The van der Waals surface area contributed by atoms with Crippen molar-refractivity contribution >= 4 is 29.1 Å². The van der Waals surface area contributed by atoms with Crippen LogP contribution in [-0.4, -0.2) is 21.4 Å². The Labute approximate surface area is 99.4 Å². The molecule has 0 saturated heterocycles. The van der Waals surface area contributed by atoms with Crippen LogP contribution >= 0.6 is 23.1 Å². The number of aryl methyl sites for hydroxylation is 1. The summed E-state index contributed by atoms with van der Waals surface area (Å²) in [7, 11) is 0. The fourth-order valence-corrected chi connectivity index (χ4v) is 2.90. The van der Waals surface area contributed by atoms with E-state index in [1.807, 2.05) is 12.3 Å². The Morgan fingerprint density at radius 1 is 1.62 bits per heavy atom. The normalized spacial score (nSPS) is 10.6. The van der Waals surface area contributed by atoms with Gasteiger partial charge in [0.25, 0.3) is 0 Å². The van der Waals surface area contributed by atoms with E-state index in [4.69, 9.17) is 5.11 Å². The largest absolute Gasteiger partial charge is 0.477 e. The molecule has 0 saturated carbocycles. The molecule has 0 bridgehead atoms. The van der Waals surface area contributed by atoms with Gasteiger partial charge in [0.1, 0.15) is 16.3 Å². The standard InChI is InChI=1S/C9H8N2O3S2/c1-5-7(11-14-10-5)4-15-6-2-8(9(12)13)16-3-6/h2-3H,4H2,1H3,(H,12,13). The lowest BCUT2D eigenvalue weighted by molar-refractivity contribution is 0.0702. The first-order valence-corrected chi connectivity index (χ1v) is 6.26. The number of hydrogen-bond acceptors (Lipinski definition) is 6. The van der Waals surface area contributed by atoms with Gasteiger partial charge in [0.05, 0.1) is 0 Å². The topological polar surface area (TPSA) is 76.2 Å². The minimum absolute atomic E-state index is 0.345. The van der Waals surface area contributed by atoms with Crippen molar-refractivity contribution in [2.45, 2.75) is 17.6 Å². The monoisotopic (exact) mass is 256 g/mol. The summed E-state index contributed by atoms with van der Waals surface area (Å²) in [4.78, 5) is 11.9. The van der Waals surface area contributed by atoms with E-state index < -0.39 is 5.97 Å². The zero-order chi connectivity index (χ0) is 11.5. The van der Waals surface area contributed by atoms with Crippen molar-refractivity contribution in [3.05, 3.63) is 27.7 Å². The van der Waals surface area contributed by atoms with Crippen molar-refractivity contribution in [1.82, 2.24) is 10.3 Å². The zero-order valence-electron chi connectivity index (χ0n) is 8.34. The molecule has 2 aromatic rings. The van der Waals surface area contributed by atoms with E-state index in [0.29, 0.717) is 10.6 Å². The highest BCUT2D eigenvalue weighted by atomic mass is 32.2. The SMILES string of the molecule is Cc1nonc1CSc1csc(C(=O)O)c1. The summed E-state index contributed by atoms with van der Waals surface area (Å²) >= 11 is 2.73. The molecule has 2 rings (SSSR count). The van der Waals surface area contributed by atoms with Crippen LogP contribution in [0.1, 0.15) is 21.1 Å². The number of aromatic carboxylic acids is 1. The molecule has 0 aliphatic rings. The molecule has 1 N–H and O–H groups in total. The van der Waals surface area contributed by atoms with Crippen molar-refractivity contribution < 1.29 is 14.5 Å². The fraction of sp³-hybridized carbons (Fsp3) is 0.222. The first-order chi connectivity index (χ1) is 7.66. The van der Waals surface area contributed by atoms with Gasteiger partial charge in [-0.1, -0.05) is 10.3 Å². The van der Waals surface area contributed by atoms with Crippen LogP contribution in [0.5, 0.6) is 0 Å². The third-order valence-electron chi connectivity index (χ3n) is 1.91. The summed E-state index contributed by atoms with van der Waals surface area (Å²) in [5.41, 5.74) is 1.55. The summed E-state index contributed by atoms with van der Waals surface area (Å²) in [5.74, 6) is -0.262. The maximum absolute atomic E-state index is 10.7. The Kier molecular flexibility index (Phi) is 3.25. The Morgan fingerprint density at radius 3 is 3.00 bits per heavy atom. The number of carboxylic acids is 1. The second-order valence-electron chi connectivity index (χ2n) is 3.04. The van der Waals surface area contributed by atoms with Crippen LogP contribution in [0.2, 0.25) is 0 Å². The van der Waals surface area contributed by atoms with E-state index >= 15 is 0 Å². The van der Waals surface area contributed by atoms with E-state index in [9.17, 15) is 4.79 Å². The lowest BCUT2D eigenvalue weighted by atomic mass is 10.4. The number of aromatic nitrogens is 2. The summed E-state index contributed by atoms with van der Waals surface area (Å²) in [6.45, 7) is 1.82. The minimum Gasteiger partial charge on any atom is -0.477 e. The third-order valence-corrected chi connectivity index (χ3v) is 3.96. The minimum atomic E-state index is -0.892. The van der Waals surface area contributed by atoms with Crippen molar-refractivity contribution in [3.8, 4) is 0 Å². The van der Waals surface area contributed by atoms with Gasteiger partial charge in [-0.05, 0) is 13.0 Å². The molecule has 7 heteroatoms. The van der Waals surface area contributed by atoms with Gasteiger partial charge in [-0.25, -0.2) is 9.42 Å². The molecule has 5 nitrogen and oxygen atoms in total. The highest BCUT2D eigenvalue weighted by molar-refractivity contribution is 7.98. The number of rotatable bonds is 4. The fourth-order valence-electron chi connectivity index (χ4n) is 1.04. The van der Waals surface area contributed by atoms with Gasteiger partial charge in [0.2, 0.25) is 0 Å². The van der Waals surface area contributed by atoms with Crippen LogP contribution in [0.15, 0.2) is 21.0 Å². The van der Waals surface area contributed by atoms with E-state index in [1.165, 1.54) is 23.1 Å². The lowest BCUT2D eigenvalue weighted by Crippen LogP contribution is -1.90. The molecule has 0 aromatic carbocycles. The number of thioether (sulfide) groups is 1. The lowest BCUT2D eigenvalue weighted by Gasteiger charge is -1.93. The highest BCUT2D eigenvalue weighted by Crippen LogP contribution is 2.27. The second-order valence-corrected chi connectivity index (χ2v) is 5.00. The van der Waals surface area contributed by atoms with E-state index in [0.717, 1.165) is 16.3 Å². The molecule has 0 atom stereocenters. The molecular weight excluding hydrogens is 248 g/mol. The Morgan fingerprint density at radius 2 is 2.44 bits per heavy atom. The van der Waals surface area contributed by atoms with Gasteiger partial charge in [-0.15, -0.1) is 23.1 Å². The summed E-state index contributed by atoms with van der Waals surface area (Å²) in [6, 6.07) is 1.65. The average Bonchev–Trinajstić information content (AvgIpc) is 2.83. The number of thiophene rings is 1. The maximum Gasteiger partial charge on any atom is 0.345 e. The van der Waals surface area contributed by atoms with Crippen LogP contribution in [0.4, 0.5) is 0 Å². The molecule has 0 spiro atoms. The first kappa shape index (κ1) is 11.2. The number of carboxylic acid groups (broad SMARTS) is 1. The highest BCUT2D eigenvalue weighted by Gasteiger charge is 2.09. The predicted octanol–water partition coefficient (Wildman–Crippen LogP) is 2.43. The quantitative estimate of drug-likeness (QED) is 0.847. The molecule has 0 aliphatic heterocycles. The van der Waals surface area contributed by atoms with Gasteiger partial charge in [-0.3, -0.25) is 0 Å². The molecule has 0 amide bonds. The first-order valence-electron chi connectivity index (χ1n) is 4.39. The summed E-state index contributed by atoms with van der Waals surface area (Å²) in [6.07, 6.45) is 0. The number of carbonyl (C=O) groups is 1. The van der Waals surface area contributed by atoms with E-state index in [1.54, 1.807) is 6.07 Å². The second kappa shape index (κ2) is 4.67. The number of nitrogens with zero attached hydrogens (tertiary/aromatic N) is 2. The third kappa shape index (κ3) is 2.42. The molecule has 0 fully saturated rings. The van der Waals surface area contributed by atoms with Gasteiger partial charge >= 0.3 is 5.97 Å². The van der Waals surface area contributed by atoms with Crippen LogP contribution in [0, 0.1) is 6.92 Å². The summed E-state index contributed by atoms with van der Waals surface area (Å²) in [5, 5.41) is 18.0. The molecule has 0 unspecified atom stereocenters. The molecule has 2 heterocycles. The van der Waals surface area contributed by atoms with Crippen LogP contribution in [0.3, 0.4) is 0 Å². The Bertz CT molecular complexity index is 506. The maximum atomic E-state index is 10.7. The van der Waals surface area contributed by atoms with Crippen molar-refractivity contribution in [2.75, 3.05) is 0 Å². The molecule has 16 heavy (non-hydrogen) atoms. The van der Waals surface area contributed by atoms with Crippen LogP contribution in [0.25, 0.3) is 0 Å². The van der Waals surface area contributed by atoms with Gasteiger partial charge in [0.15, 0.2) is 0 Å². The average molecular weight is 256 g/mol. The molecule has 0 aliphatic carbocycles. The van der Waals surface area contributed by atoms with Crippen LogP contribution < -0.4 is 0 Å². The smallest absolute Gasteiger partial charge is 0.345 e. The molecule has 0 radical (unpaired) electrons. The summed E-state index contributed by atoms with van der Waals surface area (Å²) < 4.78 is 4.57. The van der Waals surface area contributed by atoms with Crippen molar-refractivity contribution in [2.24, 2.45) is 0 Å². The van der Waals surface area contributed by atoms with Crippen LogP contribution in [-0.2, 0) is 5.75 Å². The van der Waals surface area contributed by atoms with Gasteiger partial charge < -0.3 is 5.11 Å². The Hall–Kier alpha value is -1.34. The zero-order valence-corrected chi connectivity index (χ0v) is 9.97.